The minimum atomic E-state index is 0.662. The number of aromatic nitrogens is 1. The number of para-hydroxylation sites is 1. The maximum atomic E-state index is 7.49. The van der Waals surface area contributed by atoms with E-state index >= 15 is 0 Å². The van der Waals surface area contributed by atoms with Crippen LogP contribution in [0.15, 0.2) is 133 Å². The van der Waals surface area contributed by atoms with Crippen LogP contribution < -0.4 is 0 Å². The number of hydrogen-bond acceptors (Lipinski definition) is 0. The van der Waals surface area contributed by atoms with Gasteiger partial charge >= 0.3 is 0 Å². The van der Waals surface area contributed by atoms with Gasteiger partial charge in [0.1, 0.15) is 0 Å². The van der Waals surface area contributed by atoms with Gasteiger partial charge in [-0.1, -0.05) is 97.1 Å². The van der Waals surface area contributed by atoms with Crippen molar-refractivity contribution in [1.82, 2.24) is 4.57 Å². The number of nitrogens with zero attached hydrogens (tertiary/aromatic N) is 2. The average Bonchev–Trinajstić information content (AvgIpc) is 3.34. The Morgan fingerprint density at radius 2 is 1.00 bits per heavy atom. The highest BCUT2D eigenvalue weighted by atomic mass is 15.0. The first-order chi connectivity index (χ1) is 19.3. The summed E-state index contributed by atoms with van der Waals surface area (Å²) in [6.45, 7) is 7.49. The van der Waals surface area contributed by atoms with Crippen molar-refractivity contribution in [3.63, 3.8) is 0 Å². The quantitative estimate of drug-likeness (QED) is 0.167. The van der Waals surface area contributed by atoms with E-state index < -0.39 is 0 Å². The Morgan fingerprint density at radius 3 is 1.72 bits per heavy atom. The van der Waals surface area contributed by atoms with E-state index in [-0.39, 0.29) is 0 Å². The van der Waals surface area contributed by atoms with Crippen molar-refractivity contribution >= 4 is 59.8 Å². The van der Waals surface area contributed by atoms with E-state index in [4.69, 9.17) is 6.57 Å². The minimum Gasteiger partial charge on any atom is -0.309 e. The monoisotopic (exact) mass is 494 g/mol. The molecule has 0 aliphatic heterocycles. The van der Waals surface area contributed by atoms with E-state index in [1.807, 2.05) is 12.1 Å². The van der Waals surface area contributed by atoms with E-state index in [1.54, 1.807) is 0 Å². The van der Waals surface area contributed by atoms with E-state index in [9.17, 15) is 0 Å². The van der Waals surface area contributed by atoms with Crippen LogP contribution in [0.25, 0.3) is 75.8 Å². The first-order valence-corrected chi connectivity index (χ1v) is 13.1. The molecule has 0 amide bonds. The highest BCUT2D eigenvalue weighted by Gasteiger charge is 2.14. The normalized spacial score (nSPS) is 11.6. The second-order valence-corrected chi connectivity index (χ2v) is 10.1. The van der Waals surface area contributed by atoms with Gasteiger partial charge in [0, 0.05) is 11.1 Å². The molecule has 180 valence electrons. The van der Waals surface area contributed by atoms with Crippen LogP contribution in [0.2, 0.25) is 0 Å². The fourth-order valence-corrected chi connectivity index (χ4v) is 6.22. The van der Waals surface area contributed by atoms with Crippen molar-refractivity contribution in [3.05, 3.63) is 145 Å². The Morgan fingerprint density at radius 1 is 0.410 bits per heavy atom. The van der Waals surface area contributed by atoms with Gasteiger partial charge in [0.05, 0.1) is 17.6 Å². The van der Waals surface area contributed by atoms with Crippen molar-refractivity contribution in [2.45, 2.75) is 0 Å². The Kier molecular flexibility index (Phi) is 4.62. The van der Waals surface area contributed by atoms with E-state index in [1.165, 1.54) is 43.4 Å². The zero-order valence-corrected chi connectivity index (χ0v) is 21.1. The van der Waals surface area contributed by atoms with E-state index in [2.05, 4.69) is 131 Å². The van der Waals surface area contributed by atoms with Gasteiger partial charge in [0.2, 0.25) is 0 Å². The molecule has 8 rings (SSSR count). The maximum Gasteiger partial charge on any atom is 0.188 e. The van der Waals surface area contributed by atoms with Gasteiger partial charge in [-0.25, -0.2) is 4.85 Å². The van der Waals surface area contributed by atoms with Crippen molar-refractivity contribution in [3.8, 4) is 16.8 Å². The van der Waals surface area contributed by atoms with Crippen molar-refractivity contribution in [2.75, 3.05) is 0 Å². The maximum absolute atomic E-state index is 7.49. The minimum absolute atomic E-state index is 0.662. The SMILES string of the molecule is [C-]#[N+]c1ccc2c(c1)c1ccccc1n2-c1cccc(-c2ccc3c4ccccc4c4ccccc4c3c2)c1. The molecule has 0 fully saturated rings. The molecular formula is C37H22N2. The fraction of sp³-hybridized carbons (Fsp3) is 0. The number of benzene rings is 7. The molecule has 0 saturated carbocycles. The molecule has 1 heterocycles. The summed E-state index contributed by atoms with van der Waals surface area (Å²) in [6, 6.07) is 47.5. The van der Waals surface area contributed by atoms with Crippen LogP contribution in [0.3, 0.4) is 0 Å². The summed E-state index contributed by atoms with van der Waals surface area (Å²) < 4.78 is 2.31. The first kappa shape index (κ1) is 21.7. The molecule has 2 nitrogen and oxygen atoms in total. The van der Waals surface area contributed by atoms with Crippen LogP contribution in [-0.4, -0.2) is 4.57 Å². The molecule has 7 aromatic carbocycles. The van der Waals surface area contributed by atoms with Crippen molar-refractivity contribution in [2.24, 2.45) is 0 Å². The van der Waals surface area contributed by atoms with Gasteiger partial charge in [-0.3, -0.25) is 0 Å². The van der Waals surface area contributed by atoms with Gasteiger partial charge in [-0.05, 0) is 85.2 Å². The second-order valence-electron chi connectivity index (χ2n) is 10.1. The predicted octanol–water partition coefficient (Wildman–Crippen LogP) is 10.5. The molecule has 0 spiro atoms. The number of fused-ring (bicyclic) bond motifs is 9. The Balaban J connectivity index is 1.37. The summed E-state index contributed by atoms with van der Waals surface area (Å²) in [6.07, 6.45) is 0. The molecule has 2 heteroatoms. The summed E-state index contributed by atoms with van der Waals surface area (Å²) in [5.74, 6) is 0. The topological polar surface area (TPSA) is 9.29 Å². The predicted molar refractivity (Wildman–Crippen MR) is 165 cm³/mol. The lowest BCUT2D eigenvalue weighted by molar-refractivity contribution is 1.18. The highest BCUT2D eigenvalue weighted by molar-refractivity contribution is 6.25. The highest BCUT2D eigenvalue weighted by Crippen LogP contribution is 2.38. The van der Waals surface area contributed by atoms with Crippen LogP contribution >= 0.6 is 0 Å². The summed E-state index contributed by atoms with van der Waals surface area (Å²) in [7, 11) is 0. The molecule has 0 aliphatic rings. The Labute approximate surface area is 225 Å². The lowest BCUT2D eigenvalue weighted by Crippen LogP contribution is -1.94. The molecule has 1 aromatic heterocycles. The van der Waals surface area contributed by atoms with Crippen molar-refractivity contribution in [1.29, 1.82) is 0 Å². The van der Waals surface area contributed by atoms with Crippen LogP contribution in [0, 0.1) is 6.57 Å². The Hall–Kier alpha value is -5.39. The summed E-state index contributed by atoms with van der Waals surface area (Å²) >= 11 is 0. The zero-order chi connectivity index (χ0) is 25.9. The average molecular weight is 495 g/mol. The van der Waals surface area contributed by atoms with E-state index in [0.717, 1.165) is 27.5 Å². The standard InChI is InChI=1S/C37H22N2/c1-38-26-18-20-37-35(23-26)33-15-6-7-16-36(33)39(37)27-10-8-9-24(21-27)25-17-19-32-30-13-3-2-11-28(30)29-12-4-5-14-31(29)34(32)22-25/h2-23H. The van der Waals surface area contributed by atoms with Gasteiger partial charge in [-0.15, -0.1) is 0 Å². The largest absolute Gasteiger partial charge is 0.309 e. The fourth-order valence-electron chi connectivity index (χ4n) is 6.22. The third-order valence-corrected chi connectivity index (χ3v) is 7.97. The molecule has 0 N–H and O–H groups in total. The van der Waals surface area contributed by atoms with Gasteiger partial charge < -0.3 is 4.57 Å². The molecule has 0 atom stereocenters. The summed E-state index contributed by atoms with van der Waals surface area (Å²) in [4.78, 5) is 3.67. The molecule has 39 heavy (non-hydrogen) atoms. The Bertz CT molecular complexity index is 2260. The second kappa shape index (κ2) is 8.31. The molecule has 8 aromatic rings. The van der Waals surface area contributed by atoms with Crippen LogP contribution in [-0.2, 0) is 0 Å². The van der Waals surface area contributed by atoms with Crippen LogP contribution in [0.1, 0.15) is 0 Å². The smallest absolute Gasteiger partial charge is 0.188 e. The van der Waals surface area contributed by atoms with Gasteiger partial charge in [-0.2, -0.15) is 0 Å². The summed E-state index contributed by atoms with van der Waals surface area (Å²) in [5.41, 5.74) is 6.39. The van der Waals surface area contributed by atoms with Crippen LogP contribution in [0.4, 0.5) is 5.69 Å². The molecule has 0 radical (unpaired) electrons. The van der Waals surface area contributed by atoms with Gasteiger partial charge in [0.15, 0.2) is 5.69 Å². The number of hydrogen-bond donors (Lipinski definition) is 0. The van der Waals surface area contributed by atoms with E-state index in [0.29, 0.717) is 5.69 Å². The first-order valence-electron chi connectivity index (χ1n) is 13.1. The molecular weight excluding hydrogens is 472 g/mol. The third kappa shape index (κ3) is 3.21. The van der Waals surface area contributed by atoms with Crippen molar-refractivity contribution < 1.29 is 0 Å². The zero-order valence-electron chi connectivity index (χ0n) is 21.1. The van der Waals surface area contributed by atoms with Crippen LogP contribution in [0.5, 0.6) is 0 Å². The lowest BCUT2D eigenvalue weighted by atomic mass is 9.92. The third-order valence-electron chi connectivity index (χ3n) is 7.97. The number of rotatable bonds is 2. The van der Waals surface area contributed by atoms with Gasteiger partial charge in [0.25, 0.3) is 0 Å². The molecule has 0 bridgehead atoms. The molecule has 0 unspecified atom stereocenters. The molecule has 0 aliphatic carbocycles. The lowest BCUT2D eigenvalue weighted by Gasteiger charge is -2.13. The molecule has 0 saturated heterocycles. The summed E-state index contributed by atoms with van der Waals surface area (Å²) in [5, 5.41) is 9.97.